The number of imidazole rings is 1. The molecule has 198 valence electrons. The average molecular weight is 537 g/mol. The van der Waals surface area contributed by atoms with Gasteiger partial charge in [0.2, 0.25) is 0 Å². The quantitative estimate of drug-likeness (QED) is 0.362. The average Bonchev–Trinajstić information content (AvgIpc) is 3.31. The number of halogens is 6. The number of hydrogen-bond acceptors (Lipinski definition) is 7. The fourth-order valence-corrected chi connectivity index (χ4v) is 3.96. The monoisotopic (exact) mass is 537 g/mol. The molecule has 0 fully saturated rings. The number of aliphatic hydroxyl groups is 1. The van der Waals surface area contributed by atoms with Crippen molar-refractivity contribution in [3.8, 4) is 17.7 Å². The molecule has 4 aromatic rings. The van der Waals surface area contributed by atoms with E-state index in [4.69, 9.17) is 9.47 Å². The van der Waals surface area contributed by atoms with Gasteiger partial charge in [-0.25, -0.2) is 9.97 Å². The Bertz CT molecular complexity index is 1540. The Labute approximate surface area is 210 Å². The van der Waals surface area contributed by atoms with Crippen molar-refractivity contribution in [2.24, 2.45) is 7.05 Å². The molecule has 0 saturated heterocycles. The van der Waals surface area contributed by atoms with Gasteiger partial charge in [-0.3, -0.25) is 4.98 Å². The van der Waals surface area contributed by atoms with Crippen LogP contribution in [-0.4, -0.2) is 44.5 Å². The lowest BCUT2D eigenvalue weighted by Gasteiger charge is -2.30. The van der Waals surface area contributed by atoms with Gasteiger partial charge >= 0.3 is 12.4 Å². The van der Waals surface area contributed by atoms with Crippen LogP contribution in [0, 0.1) is 11.3 Å². The molecule has 38 heavy (non-hydrogen) atoms. The smallest absolute Gasteiger partial charge is 0.433 e. The van der Waals surface area contributed by atoms with E-state index in [9.17, 15) is 36.7 Å². The number of aromatic nitrogens is 4. The van der Waals surface area contributed by atoms with Gasteiger partial charge in [0, 0.05) is 18.6 Å². The van der Waals surface area contributed by atoms with E-state index in [1.54, 1.807) is 6.07 Å². The Kier molecular flexibility index (Phi) is 6.66. The first-order chi connectivity index (χ1) is 17.8. The van der Waals surface area contributed by atoms with Crippen molar-refractivity contribution in [3.05, 3.63) is 77.1 Å². The number of benzene rings is 1. The van der Waals surface area contributed by atoms with Crippen LogP contribution in [-0.2, 0) is 18.8 Å². The van der Waals surface area contributed by atoms with E-state index < -0.39 is 36.0 Å². The van der Waals surface area contributed by atoms with Crippen LogP contribution in [0.4, 0.5) is 26.3 Å². The SMILES string of the molecule is COc1nc2ccc([C@](O)(c3ccnc(C(F)(F)F)c3)c3cncn3C)cc2c(C#N)c1OCC(F)(F)F. The number of hydrogen-bond donors (Lipinski definition) is 1. The van der Waals surface area contributed by atoms with E-state index in [0.29, 0.717) is 6.07 Å². The maximum absolute atomic E-state index is 13.4. The number of aryl methyl sites for hydroxylation is 1. The predicted octanol–water partition coefficient (Wildman–Crippen LogP) is 4.49. The second-order valence-electron chi connectivity index (χ2n) is 8.10. The first kappa shape index (κ1) is 26.7. The van der Waals surface area contributed by atoms with Gasteiger partial charge in [-0.15, -0.1) is 0 Å². The van der Waals surface area contributed by atoms with Crippen LogP contribution in [0.1, 0.15) is 28.1 Å². The number of pyridine rings is 2. The van der Waals surface area contributed by atoms with E-state index in [0.717, 1.165) is 13.3 Å². The summed E-state index contributed by atoms with van der Waals surface area (Å²) >= 11 is 0. The molecule has 0 bridgehead atoms. The highest BCUT2D eigenvalue weighted by Crippen LogP contribution is 2.42. The van der Waals surface area contributed by atoms with E-state index in [1.807, 2.05) is 0 Å². The van der Waals surface area contributed by atoms with E-state index >= 15 is 0 Å². The molecule has 3 aromatic heterocycles. The van der Waals surface area contributed by atoms with Crippen molar-refractivity contribution in [3.63, 3.8) is 0 Å². The molecule has 4 rings (SSSR count). The fraction of sp³-hybridized carbons (Fsp3) is 0.250. The molecule has 0 unspecified atom stereocenters. The molecule has 0 spiro atoms. The Morgan fingerprint density at radius 3 is 2.37 bits per heavy atom. The van der Waals surface area contributed by atoms with Crippen LogP contribution >= 0.6 is 0 Å². The zero-order valence-corrected chi connectivity index (χ0v) is 19.6. The second kappa shape index (κ2) is 9.49. The van der Waals surface area contributed by atoms with E-state index in [2.05, 4.69) is 15.0 Å². The number of ether oxygens (including phenoxy) is 2. The molecule has 8 nitrogen and oxygen atoms in total. The molecule has 14 heteroatoms. The Balaban J connectivity index is 2.00. The number of alkyl halides is 6. The fourth-order valence-electron chi connectivity index (χ4n) is 3.96. The highest BCUT2D eigenvalue weighted by molar-refractivity contribution is 5.89. The normalized spacial score (nSPS) is 13.7. The third-order valence-electron chi connectivity index (χ3n) is 5.67. The van der Waals surface area contributed by atoms with Crippen LogP contribution in [0.5, 0.6) is 11.6 Å². The van der Waals surface area contributed by atoms with Gasteiger partial charge in [-0.2, -0.15) is 31.6 Å². The molecular weight excluding hydrogens is 520 g/mol. The van der Waals surface area contributed by atoms with Gasteiger partial charge in [0.25, 0.3) is 5.88 Å². The minimum Gasteiger partial charge on any atom is -0.478 e. The van der Waals surface area contributed by atoms with Crippen molar-refractivity contribution in [1.29, 1.82) is 5.26 Å². The zero-order valence-electron chi connectivity index (χ0n) is 19.6. The molecule has 0 amide bonds. The van der Waals surface area contributed by atoms with Crippen molar-refractivity contribution in [2.45, 2.75) is 18.0 Å². The molecular formula is C24H17F6N5O3. The summed E-state index contributed by atoms with van der Waals surface area (Å²) in [5, 5.41) is 21.8. The van der Waals surface area contributed by atoms with Crippen LogP contribution in [0.25, 0.3) is 10.9 Å². The summed E-state index contributed by atoms with van der Waals surface area (Å²) in [5.74, 6) is -0.957. The molecule has 1 aromatic carbocycles. The summed E-state index contributed by atoms with van der Waals surface area (Å²) in [6, 6.07) is 7.56. The minimum atomic E-state index is -4.81. The van der Waals surface area contributed by atoms with Gasteiger partial charge in [0.15, 0.2) is 18.0 Å². The predicted molar refractivity (Wildman–Crippen MR) is 119 cm³/mol. The first-order valence-corrected chi connectivity index (χ1v) is 10.6. The summed E-state index contributed by atoms with van der Waals surface area (Å²) in [4.78, 5) is 11.4. The highest BCUT2D eigenvalue weighted by atomic mass is 19.4. The Morgan fingerprint density at radius 1 is 1.08 bits per heavy atom. The number of nitriles is 1. The third kappa shape index (κ3) is 4.80. The van der Waals surface area contributed by atoms with Crippen LogP contribution < -0.4 is 9.47 Å². The number of methoxy groups -OCH3 is 1. The van der Waals surface area contributed by atoms with Crippen LogP contribution in [0.3, 0.4) is 0 Å². The topological polar surface area (TPSA) is 106 Å². The Morgan fingerprint density at radius 2 is 1.79 bits per heavy atom. The minimum absolute atomic E-state index is 0.0295. The van der Waals surface area contributed by atoms with Gasteiger partial charge in [0.1, 0.15) is 17.3 Å². The van der Waals surface area contributed by atoms with E-state index in [-0.39, 0.29) is 39.2 Å². The van der Waals surface area contributed by atoms with Crippen LogP contribution in [0.2, 0.25) is 0 Å². The molecule has 1 atom stereocenters. The molecule has 0 aliphatic rings. The summed E-state index contributed by atoms with van der Waals surface area (Å²) in [5.41, 5.74) is -4.00. The van der Waals surface area contributed by atoms with Crippen molar-refractivity contribution < 1.29 is 40.9 Å². The molecule has 0 saturated carbocycles. The molecule has 1 N–H and O–H groups in total. The van der Waals surface area contributed by atoms with E-state index in [1.165, 1.54) is 48.4 Å². The van der Waals surface area contributed by atoms with Crippen molar-refractivity contribution >= 4 is 10.9 Å². The van der Waals surface area contributed by atoms with Crippen LogP contribution in [0.15, 0.2) is 49.1 Å². The Hall–Kier alpha value is -4.38. The second-order valence-corrected chi connectivity index (χ2v) is 8.10. The van der Waals surface area contributed by atoms with Gasteiger partial charge in [-0.05, 0) is 35.4 Å². The summed E-state index contributed by atoms with van der Waals surface area (Å²) in [6.07, 6.45) is -6.09. The maximum atomic E-state index is 13.4. The lowest BCUT2D eigenvalue weighted by atomic mass is 9.82. The number of fused-ring (bicyclic) bond motifs is 1. The summed E-state index contributed by atoms with van der Waals surface area (Å²) in [7, 11) is 2.64. The summed E-state index contributed by atoms with van der Waals surface area (Å²) in [6.45, 7) is -1.74. The van der Waals surface area contributed by atoms with Gasteiger partial charge < -0.3 is 19.1 Å². The molecule has 0 aliphatic heterocycles. The van der Waals surface area contributed by atoms with Crippen molar-refractivity contribution in [1.82, 2.24) is 19.5 Å². The standard InChI is InChI=1S/C24H17F6N5O3/c1-35-12-32-10-19(35)23(36,14-5-6-33-18(8-14)24(28,29)30)13-3-4-17-15(7-13)16(9-31)20(21(34-17)37-2)38-11-22(25,26)27/h3-8,10,12,36H,11H2,1-2H3/t23-/m0/s1. The molecule has 3 heterocycles. The summed E-state index contributed by atoms with van der Waals surface area (Å²) < 4.78 is 90.1. The highest BCUT2D eigenvalue weighted by Gasteiger charge is 2.40. The number of nitrogens with zero attached hydrogens (tertiary/aromatic N) is 5. The lowest BCUT2D eigenvalue weighted by Crippen LogP contribution is -2.31. The largest absolute Gasteiger partial charge is 0.478 e. The van der Waals surface area contributed by atoms with Gasteiger partial charge in [-0.1, -0.05) is 6.07 Å². The number of rotatable bonds is 6. The van der Waals surface area contributed by atoms with Crippen molar-refractivity contribution in [2.75, 3.05) is 13.7 Å². The molecule has 0 radical (unpaired) electrons. The third-order valence-corrected chi connectivity index (χ3v) is 5.67. The lowest BCUT2D eigenvalue weighted by molar-refractivity contribution is -0.153. The zero-order chi connectivity index (χ0) is 27.9. The molecule has 0 aliphatic carbocycles. The maximum Gasteiger partial charge on any atom is 0.433 e. The first-order valence-electron chi connectivity index (χ1n) is 10.6. The van der Waals surface area contributed by atoms with Gasteiger partial charge in [0.05, 0.1) is 30.8 Å².